The summed E-state index contributed by atoms with van der Waals surface area (Å²) in [7, 11) is 0. The number of rotatable bonds is 8. The third-order valence-corrected chi connectivity index (χ3v) is 4.15. The van der Waals surface area contributed by atoms with Crippen molar-refractivity contribution < 1.29 is 14.3 Å². The molecule has 0 aliphatic heterocycles. The molecular formula is C24H24N2O3. The number of amides is 1. The van der Waals surface area contributed by atoms with E-state index in [4.69, 9.17) is 9.47 Å². The Morgan fingerprint density at radius 2 is 1.72 bits per heavy atom. The van der Waals surface area contributed by atoms with Crippen molar-refractivity contribution in [2.45, 2.75) is 13.8 Å². The topological polar surface area (TPSA) is 59.9 Å². The van der Waals surface area contributed by atoms with Gasteiger partial charge in [-0.05, 0) is 61.4 Å². The van der Waals surface area contributed by atoms with Crippen molar-refractivity contribution in [1.82, 2.24) is 0 Å². The number of benzene rings is 3. The summed E-state index contributed by atoms with van der Waals surface area (Å²) in [6.45, 7) is 4.31. The minimum absolute atomic E-state index is 0.106. The lowest BCUT2D eigenvalue weighted by atomic mass is 10.2. The first-order valence-electron chi connectivity index (χ1n) is 9.50. The zero-order chi connectivity index (χ0) is 20.5. The Morgan fingerprint density at radius 3 is 2.48 bits per heavy atom. The smallest absolute Gasteiger partial charge is 0.262 e. The van der Waals surface area contributed by atoms with Gasteiger partial charge in [0.05, 0.1) is 12.3 Å². The third-order valence-electron chi connectivity index (χ3n) is 4.15. The van der Waals surface area contributed by atoms with Crippen molar-refractivity contribution in [3.05, 3.63) is 83.9 Å². The molecular weight excluding hydrogens is 364 g/mol. The molecule has 148 valence electrons. The molecule has 0 spiro atoms. The second-order valence-corrected chi connectivity index (χ2v) is 6.39. The van der Waals surface area contributed by atoms with E-state index in [2.05, 4.69) is 10.3 Å². The number of anilines is 1. The minimum atomic E-state index is -0.233. The van der Waals surface area contributed by atoms with Crippen LogP contribution in [0.1, 0.15) is 18.1 Å². The SMILES string of the molecule is CCOc1cc(C=Nc2ccccc2C)ccc1OCC(=O)Nc1ccccc1. The predicted octanol–water partition coefficient (Wildman–Crippen LogP) is 5.16. The zero-order valence-corrected chi connectivity index (χ0v) is 16.6. The molecule has 5 nitrogen and oxygen atoms in total. The normalized spacial score (nSPS) is 10.7. The quantitative estimate of drug-likeness (QED) is 0.542. The molecule has 0 unspecified atom stereocenters. The summed E-state index contributed by atoms with van der Waals surface area (Å²) in [6, 6.07) is 22.7. The molecule has 0 atom stereocenters. The minimum Gasteiger partial charge on any atom is -0.490 e. The number of ether oxygens (including phenoxy) is 2. The molecule has 0 saturated heterocycles. The van der Waals surface area contributed by atoms with Gasteiger partial charge in [-0.25, -0.2) is 0 Å². The van der Waals surface area contributed by atoms with Gasteiger partial charge >= 0.3 is 0 Å². The monoisotopic (exact) mass is 388 g/mol. The highest BCUT2D eigenvalue weighted by Crippen LogP contribution is 2.28. The van der Waals surface area contributed by atoms with E-state index in [0.29, 0.717) is 18.1 Å². The second kappa shape index (κ2) is 10.1. The number of aryl methyl sites for hydroxylation is 1. The summed E-state index contributed by atoms with van der Waals surface area (Å²) in [4.78, 5) is 16.7. The van der Waals surface area contributed by atoms with Crippen LogP contribution in [0.25, 0.3) is 0 Å². The maximum Gasteiger partial charge on any atom is 0.262 e. The van der Waals surface area contributed by atoms with E-state index in [0.717, 1.165) is 22.5 Å². The van der Waals surface area contributed by atoms with Crippen LogP contribution in [0.3, 0.4) is 0 Å². The van der Waals surface area contributed by atoms with Gasteiger partial charge in [-0.1, -0.05) is 36.4 Å². The molecule has 29 heavy (non-hydrogen) atoms. The Morgan fingerprint density at radius 1 is 0.966 bits per heavy atom. The molecule has 0 radical (unpaired) electrons. The third kappa shape index (κ3) is 5.94. The van der Waals surface area contributed by atoms with E-state index < -0.39 is 0 Å². The van der Waals surface area contributed by atoms with Crippen LogP contribution in [0, 0.1) is 6.92 Å². The van der Waals surface area contributed by atoms with Crippen LogP contribution in [-0.4, -0.2) is 25.3 Å². The fourth-order valence-corrected chi connectivity index (χ4v) is 2.71. The molecule has 3 aromatic carbocycles. The Balaban J connectivity index is 1.67. The van der Waals surface area contributed by atoms with Crippen LogP contribution in [0.15, 0.2) is 77.8 Å². The number of hydrogen-bond acceptors (Lipinski definition) is 4. The summed E-state index contributed by atoms with van der Waals surface area (Å²) in [5, 5.41) is 2.79. The molecule has 0 aliphatic rings. The summed E-state index contributed by atoms with van der Waals surface area (Å²) < 4.78 is 11.4. The van der Waals surface area contributed by atoms with Gasteiger partial charge in [0.25, 0.3) is 5.91 Å². The van der Waals surface area contributed by atoms with Crippen molar-refractivity contribution in [2.75, 3.05) is 18.5 Å². The van der Waals surface area contributed by atoms with Crippen LogP contribution in [0.2, 0.25) is 0 Å². The summed E-state index contributed by atoms with van der Waals surface area (Å²) in [5.74, 6) is 0.862. The Labute approximate surface area is 171 Å². The van der Waals surface area contributed by atoms with E-state index in [-0.39, 0.29) is 12.5 Å². The lowest BCUT2D eigenvalue weighted by Crippen LogP contribution is -2.20. The first kappa shape index (κ1) is 20.1. The Hall–Kier alpha value is -3.60. The highest BCUT2D eigenvalue weighted by Gasteiger charge is 2.09. The number of carbonyl (C=O) groups is 1. The van der Waals surface area contributed by atoms with Crippen LogP contribution in [0.4, 0.5) is 11.4 Å². The number of nitrogens with zero attached hydrogens (tertiary/aromatic N) is 1. The fraction of sp³-hybridized carbons (Fsp3) is 0.167. The summed E-state index contributed by atoms with van der Waals surface area (Å²) in [5.41, 5.74) is 3.65. The zero-order valence-electron chi connectivity index (χ0n) is 16.6. The Bertz CT molecular complexity index is 984. The highest BCUT2D eigenvalue weighted by molar-refractivity contribution is 5.91. The van der Waals surface area contributed by atoms with Crippen molar-refractivity contribution in [3.63, 3.8) is 0 Å². The molecule has 0 aromatic heterocycles. The van der Waals surface area contributed by atoms with Gasteiger partial charge in [0, 0.05) is 11.9 Å². The largest absolute Gasteiger partial charge is 0.490 e. The van der Waals surface area contributed by atoms with Crippen molar-refractivity contribution in [3.8, 4) is 11.5 Å². The average Bonchev–Trinajstić information content (AvgIpc) is 2.73. The molecule has 1 N–H and O–H groups in total. The lowest BCUT2D eigenvalue weighted by Gasteiger charge is -2.12. The molecule has 3 aromatic rings. The van der Waals surface area contributed by atoms with Crippen LogP contribution >= 0.6 is 0 Å². The maximum absolute atomic E-state index is 12.1. The second-order valence-electron chi connectivity index (χ2n) is 6.39. The van der Waals surface area contributed by atoms with Gasteiger partial charge in [-0.2, -0.15) is 0 Å². The van der Waals surface area contributed by atoms with E-state index in [1.54, 1.807) is 12.3 Å². The average molecular weight is 388 g/mol. The van der Waals surface area contributed by atoms with Gasteiger partial charge in [-0.15, -0.1) is 0 Å². The number of para-hydroxylation sites is 2. The molecule has 0 heterocycles. The number of aliphatic imine (C=N–C) groups is 1. The van der Waals surface area contributed by atoms with E-state index in [1.165, 1.54) is 0 Å². The molecule has 0 bridgehead atoms. The first-order valence-corrected chi connectivity index (χ1v) is 9.50. The molecule has 0 saturated carbocycles. The van der Waals surface area contributed by atoms with E-state index >= 15 is 0 Å². The molecule has 0 fully saturated rings. The standard InChI is InChI=1S/C24H24N2O3/c1-3-28-23-15-19(16-25-21-12-8-7-9-18(21)2)13-14-22(23)29-17-24(27)26-20-10-5-4-6-11-20/h4-16H,3,17H2,1-2H3,(H,26,27). The molecule has 1 amide bonds. The predicted molar refractivity (Wildman–Crippen MR) is 117 cm³/mol. The van der Waals surface area contributed by atoms with Gasteiger partial charge < -0.3 is 14.8 Å². The van der Waals surface area contributed by atoms with Gasteiger partial charge in [0.15, 0.2) is 18.1 Å². The maximum atomic E-state index is 12.1. The van der Waals surface area contributed by atoms with Crippen LogP contribution < -0.4 is 14.8 Å². The molecule has 0 aliphatic carbocycles. The van der Waals surface area contributed by atoms with E-state index in [9.17, 15) is 4.79 Å². The summed E-state index contributed by atoms with van der Waals surface area (Å²) >= 11 is 0. The summed E-state index contributed by atoms with van der Waals surface area (Å²) in [6.07, 6.45) is 1.79. The van der Waals surface area contributed by atoms with E-state index in [1.807, 2.05) is 80.6 Å². The number of hydrogen-bond donors (Lipinski definition) is 1. The number of carbonyl (C=O) groups excluding carboxylic acids is 1. The Kier molecular flexibility index (Phi) is 7.00. The molecule has 5 heteroatoms. The molecule has 3 rings (SSSR count). The first-order chi connectivity index (χ1) is 14.2. The highest BCUT2D eigenvalue weighted by atomic mass is 16.5. The van der Waals surface area contributed by atoms with Crippen molar-refractivity contribution >= 4 is 23.5 Å². The van der Waals surface area contributed by atoms with Crippen molar-refractivity contribution in [1.29, 1.82) is 0 Å². The van der Waals surface area contributed by atoms with Crippen molar-refractivity contribution in [2.24, 2.45) is 4.99 Å². The number of nitrogens with one attached hydrogen (secondary N) is 1. The van der Waals surface area contributed by atoms with Gasteiger partial charge in [0.2, 0.25) is 0 Å². The van der Waals surface area contributed by atoms with Gasteiger partial charge in [0.1, 0.15) is 0 Å². The fourth-order valence-electron chi connectivity index (χ4n) is 2.71. The van der Waals surface area contributed by atoms with Crippen LogP contribution in [0.5, 0.6) is 11.5 Å². The van der Waals surface area contributed by atoms with Gasteiger partial charge in [-0.3, -0.25) is 9.79 Å². The van der Waals surface area contributed by atoms with Crippen LogP contribution in [-0.2, 0) is 4.79 Å². The lowest BCUT2D eigenvalue weighted by molar-refractivity contribution is -0.118.